The first-order chi connectivity index (χ1) is 8.79. The first-order valence-electron chi connectivity index (χ1n) is 5.22. The number of esters is 1. The molecule has 0 fully saturated rings. The highest BCUT2D eigenvalue weighted by Gasteiger charge is 2.32. The van der Waals surface area contributed by atoms with Crippen molar-refractivity contribution in [3.63, 3.8) is 0 Å². The number of para-hydroxylation sites is 1. The maximum absolute atomic E-state index is 13.5. The van der Waals surface area contributed by atoms with Gasteiger partial charge in [0.15, 0.2) is 5.82 Å². The molecule has 0 spiro atoms. The number of hydrogen-bond donors (Lipinski definition) is 1. The van der Waals surface area contributed by atoms with Crippen LogP contribution in [0, 0.1) is 15.9 Å². The van der Waals surface area contributed by atoms with Gasteiger partial charge < -0.3 is 15.2 Å². The molecule has 0 heterocycles. The summed E-state index contributed by atoms with van der Waals surface area (Å²) in [6.07, 6.45) is 0. The smallest absolute Gasteiger partial charge is 0.329 e. The SMILES string of the molecule is COC(=O)C(C)(N)COc1c(F)cccc1[N+](=O)[O-]. The molecule has 0 aromatic heterocycles. The Hall–Kier alpha value is -2.22. The van der Waals surface area contributed by atoms with Crippen LogP contribution in [0.5, 0.6) is 5.75 Å². The fourth-order valence-corrected chi connectivity index (χ4v) is 1.30. The lowest BCUT2D eigenvalue weighted by Gasteiger charge is -2.21. The summed E-state index contributed by atoms with van der Waals surface area (Å²) < 4.78 is 22.9. The van der Waals surface area contributed by atoms with Crippen LogP contribution < -0.4 is 10.5 Å². The zero-order valence-corrected chi connectivity index (χ0v) is 10.4. The summed E-state index contributed by atoms with van der Waals surface area (Å²) in [6.45, 7) is 0.854. The third-order valence-corrected chi connectivity index (χ3v) is 2.31. The van der Waals surface area contributed by atoms with Crippen LogP contribution in [0.15, 0.2) is 18.2 Å². The quantitative estimate of drug-likeness (QED) is 0.487. The molecule has 1 aromatic carbocycles. The van der Waals surface area contributed by atoms with Crippen LogP contribution in [-0.4, -0.2) is 30.1 Å². The summed E-state index contributed by atoms with van der Waals surface area (Å²) in [6, 6.07) is 3.28. The van der Waals surface area contributed by atoms with Crippen LogP contribution in [0.1, 0.15) is 6.92 Å². The number of ether oxygens (including phenoxy) is 2. The van der Waals surface area contributed by atoms with E-state index in [1.807, 2.05) is 0 Å². The molecule has 0 aliphatic rings. The van der Waals surface area contributed by atoms with Crippen molar-refractivity contribution in [3.8, 4) is 5.75 Å². The van der Waals surface area contributed by atoms with Crippen LogP contribution in [0.25, 0.3) is 0 Å². The van der Waals surface area contributed by atoms with Gasteiger partial charge in [0, 0.05) is 6.07 Å². The van der Waals surface area contributed by atoms with Crippen LogP contribution >= 0.6 is 0 Å². The number of benzene rings is 1. The molecule has 0 aliphatic carbocycles. The first-order valence-corrected chi connectivity index (χ1v) is 5.22. The van der Waals surface area contributed by atoms with E-state index < -0.39 is 40.3 Å². The molecule has 1 rings (SSSR count). The van der Waals surface area contributed by atoms with Gasteiger partial charge >= 0.3 is 11.7 Å². The molecule has 7 nitrogen and oxygen atoms in total. The fourth-order valence-electron chi connectivity index (χ4n) is 1.30. The molecule has 0 amide bonds. The number of rotatable bonds is 5. The van der Waals surface area contributed by atoms with Gasteiger partial charge in [0.1, 0.15) is 12.1 Å². The van der Waals surface area contributed by atoms with E-state index in [4.69, 9.17) is 10.5 Å². The largest absolute Gasteiger partial charge is 0.482 e. The van der Waals surface area contributed by atoms with E-state index in [1.54, 1.807) is 0 Å². The van der Waals surface area contributed by atoms with E-state index in [-0.39, 0.29) is 0 Å². The minimum atomic E-state index is -1.54. The van der Waals surface area contributed by atoms with Crippen LogP contribution in [-0.2, 0) is 9.53 Å². The summed E-state index contributed by atoms with van der Waals surface area (Å²) >= 11 is 0. The van der Waals surface area contributed by atoms with Crippen molar-refractivity contribution < 1.29 is 23.6 Å². The van der Waals surface area contributed by atoms with Gasteiger partial charge in [0.25, 0.3) is 0 Å². The molecule has 0 bridgehead atoms. The minimum Gasteiger partial charge on any atom is -0.482 e. The highest BCUT2D eigenvalue weighted by Crippen LogP contribution is 2.30. The Kier molecular flexibility index (Phi) is 4.38. The van der Waals surface area contributed by atoms with Gasteiger partial charge in [-0.15, -0.1) is 0 Å². The van der Waals surface area contributed by atoms with Crippen molar-refractivity contribution in [2.75, 3.05) is 13.7 Å². The minimum absolute atomic E-state index is 0.457. The molecule has 2 N–H and O–H groups in total. The van der Waals surface area contributed by atoms with Gasteiger partial charge in [0.2, 0.25) is 5.75 Å². The molecule has 8 heteroatoms. The van der Waals surface area contributed by atoms with E-state index in [9.17, 15) is 19.3 Å². The Bertz CT molecular complexity index is 504. The third-order valence-electron chi connectivity index (χ3n) is 2.31. The van der Waals surface area contributed by atoms with Gasteiger partial charge in [-0.25, -0.2) is 9.18 Å². The van der Waals surface area contributed by atoms with Crippen molar-refractivity contribution in [1.29, 1.82) is 0 Å². The highest BCUT2D eigenvalue weighted by molar-refractivity contribution is 5.80. The van der Waals surface area contributed by atoms with Crippen LogP contribution in [0.3, 0.4) is 0 Å². The van der Waals surface area contributed by atoms with E-state index in [0.29, 0.717) is 0 Å². The molecule has 19 heavy (non-hydrogen) atoms. The molecule has 0 radical (unpaired) electrons. The summed E-state index contributed by atoms with van der Waals surface area (Å²) in [5.41, 5.74) is 3.53. The molecular weight excluding hydrogens is 259 g/mol. The van der Waals surface area contributed by atoms with Crippen LogP contribution in [0.2, 0.25) is 0 Å². The normalized spacial score (nSPS) is 13.5. The Morgan fingerprint density at radius 1 is 1.58 bits per heavy atom. The predicted octanol–water partition coefficient (Wildman–Crippen LogP) is 1.00. The number of methoxy groups -OCH3 is 1. The van der Waals surface area contributed by atoms with E-state index in [1.165, 1.54) is 13.0 Å². The number of nitro groups is 1. The number of nitrogens with zero attached hydrogens (tertiary/aromatic N) is 1. The van der Waals surface area contributed by atoms with Gasteiger partial charge in [-0.3, -0.25) is 10.1 Å². The summed E-state index contributed by atoms with van der Waals surface area (Å²) in [5, 5.41) is 10.7. The lowest BCUT2D eigenvalue weighted by Crippen LogP contribution is -2.50. The summed E-state index contributed by atoms with van der Waals surface area (Å²) in [5.74, 6) is -2.24. The molecule has 1 aromatic rings. The van der Waals surface area contributed by atoms with Crippen molar-refractivity contribution in [2.45, 2.75) is 12.5 Å². The number of carbonyl (C=O) groups excluding carboxylic acids is 1. The average molecular weight is 272 g/mol. The maximum Gasteiger partial charge on any atom is 0.329 e. The van der Waals surface area contributed by atoms with Gasteiger partial charge in [0.05, 0.1) is 12.0 Å². The van der Waals surface area contributed by atoms with Crippen molar-refractivity contribution in [3.05, 3.63) is 34.1 Å². The second kappa shape index (κ2) is 5.61. The Labute approximate surface area is 108 Å². The Morgan fingerprint density at radius 3 is 2.74 bits per heavy atom. The van der Waals surface area contributed by atoms with Crippen LogP contribution in [0.4, 0.5) is 10.1 Å². The number of halogens is 1. The van der Waals surface area contributed by atoms with Crippen molar-refractivity contribution in [2.24, 2.45) is 5.73 Å². The number of nitrogens with two attached hydrogens (primary N) is 1. The second-order valence-corrected chi connectivity index (χ2v) is 4.04. The zero-order chi connectivity index (χ0) is 14.6. The van der Waals surface area contributed by atoms with Gasteiger partial charge in [-0.05, 0) is 13.0 Å². The molecule has 1 unspecified atom stereocenters. The summed E-state index contributed by atoms with van der Waals surface area (Å²) in [7, 11) is 1.14. The lowest BCUT2D eigenvalue weighted by atomic mass is 10.1. The second-order valence-electron chi connectivity index (χ2n) is 4.04. The highest BCUT2D eigenvalue weighted by atomic mass is 19.1. The number of hydrogen-bond acceptors (Lipinski definition) is 6. The zero-order valence-electron chi connectivity index (χ0n) is 10.4. The maximum atomic E-state index is 13.5. The van der Waals surface area contributed by atoms with Gasteiger partial charge in [-0.2, -0.15) is 0 Å². The predicted molar refractivity (Wildman–Crippen MR) is 63.2 cm³/mol. The number of nitro benzene ring substituents is 1. The molecular formula is C11H13FN2O5. The first kappa shape index (κ1) is 14.8. The fraction of sp³-hybridized carbons (Fsp3) is 0.364. The Morgan fingerprint density at radius 2 is 2.21 bits per heavy atom. The van der Waals surface area contributed by atoms with E-state index in [0.717, 1.165) is 19.2 Å². The molecule has 0 saturated heterocycles. The standard InChI is InChI=1S/C11H13FN2O5/c1-11(13,10(15)18-2)6-19-9-7(12)4-3-5-8(9)14(16)17/h3-5H,6,13H2,1-2H3. The third kappa shape index (κ3) is 3.38. The molecule has 104 valence electrons. The molecule has 0 aliphatic heterocycles. The van der Waals surface area contributed by atoms with E-state index >= 15 is 0 Å². The van der Waals surface area contributed by atoms with Gasteiger partial charge in [-0.1, -0.05) is 6.07 Å². The molecule has 1 atom stereocenters. The Balaban J connectivity index is 2.95. The topological polar surface area (TPSA) is 105 Å². The number of carbonyl (C=O) groups is 1. The monoisotopic (exact) mass is 272 g/mol. The lowest BCUT2D eigenvalue weighted by molar-refractivity contribution is -0.386. The van der Waals surface area contributed by atoms with Crippen molar-refractivity contribution in [1.82, 2.24) is 0 Å². The molecule has 0 saturated carbocycles. The average Bonchev–Trinajstić information content (AvgIpc) is 2.35. The van der Waals surface area contributed by atoms with E-state index in [2.05, 4.69) is 4.74 Å². The summed E-state index contributed by atoms with van der Waals surface area (Å²) in [4.78, 5) is 21.2. The van der Waals surface area contributed by atoms with Crippen molar-refractivity contribution >= 4 is 11.7 Å².